The van der Waals surface area contributed by atoms with Gasteiger partial charge in [0.25, 0.3) is 0 Å². The Hall–Kier alpha value is -0.420. The van der Waals surface area contributed by atoms with Gasteiger partial charge in [-0.15, -0.1) is 0 Å². The van der Waals surface area contributed by atoms with E-state index in [0.29, 0.717) is 6.54 Å². The molecule has 2 atom stereocenters. The van der Waals surface area contributed by atoms with Crippen molar-refractivity contribution >= 4 is 15.9 Å². The fourth-order valence-corrected chi connectivity index (χ4v) is 1.69. The summed E-state index contributed by atoms with van der Waals surface area (Å²) in [6, 6.07) is 8.39. The standard InChI is InChI=1S/C12H19BrN2O/c1-9(16-2)8-15-12(7-14)10-3-5-11(13)6-4-10/h3-6,9,12,15H,7-8,14H2,1-2H3. The molecule has 0 saturated carbocycles. The highest BCUT2D eigenvalue weighted by Gasteiger charge is 2.10. The molecule has 0 spiro atoms. The quantitative estimate of drug-likeness (QED) is 0.842. The molecule has 4 heteroatoms. The lowest BCUT2D eigenvalue weighted by atomic mass is 10.1. The molecule has 0 aliphatic carbocycles. The highest BCUT2D eigenvalue weighted by molar-refractivity contribution is 9.10. The number of ether oxygens (including phenoxy) is 1. The minimum absolute atomic E-state index is 0.186. The zero-order valence-electron chi connectivity index (χ0n) is 9.74. The van der Waals surface area contributed by atoms with Gasteiger partial charge < -0.3 is 15.8 Å². The number of benzene rings is 1. The van der Waals surface area contributed by atoms with Gasteiger partial charge in [-0.1, -0.05) is 28.1 Å². The summed E-state index contributed by atoms with van der Waals surface area (Å²) < 4.78 is 6.27. The average molecular weight is 287 g/mol. The third-order valence-electron chi connectivity index (χ3n) is 2.56. The van der Waals surface area contributed by atoms with E-state index >= 15 is 0 Å². The third-order valence-corrected chi connectivity index (χ3v) is 3.09. The van der Waals surface area contributed by atoms with Gasteiger partial charge >= 0.3 is 0 Å². The van der Waals surface area contributed by atoms with Gasteiger partial charge in [-0.05, 0) is 24.6 Å². The normalized spacial score (nSPS) is 14.8. The van der Waals surface area contributed by atoms with Crippen molar-refractivity contribution < 1.29 is 4.74 Å². The Balaban J connectivity index is 2.57. The molecular weight excluding hydrogens is 268 g/mol. The molecule has 2 unspecified atom stereocenters. The number of halogens is 1. The van der Waals surface area contributed by atoms with Gasteiger partial charge in [0, 0.05) is 30.7 Å². The first kappa shape index (κ1) is 13.6. The van der Waals surface area contributed by atoms with Crippen LogP contribution >= 0.6 is 15.9 Å². The van der Waals surface area contributed by atoms with Crippen LogP contribution in [0.2, 0.25) is 0 Å². The second-order valence-electron chi connectivity index (χ2n) is 3.79. The van der Waals surface area contributed by atoms with Crippen molar-refractivity contribution in [1.82, 2.24) is 5.32 Å². The van der Waals surface area contributed by atoms with Crippen LogP contribution in [-0.4, -0.2) is 26.3 Å². The molecule has 90 valence electrons. The second kappa shape index (κ2) is 7.01. The van der Waals surface area contributed by atoms with Crippen LogP contribution in [0.1, 0.15) is 18.5 Å². The predicted octanol–water partition coefficient (Wildman–Crippen LogP) is 2.07. The van der Waals surface area contributed by atoms with Crippen LogP contribution in [0, 0.1) is 0 Å². The summed E-state index contributed by atoms with van der Waals surface area (Å²) in [5.74, 6) is 0. The van der Waals surface area contributed by atoms with E-state index in [9.17, 15) is 0 Å². The van der Waals surface area contributed by atoms with Crippen LogP contribution in [0.15, 0.2) is 28.7 Å². The number of hydrogen-bond donors (Lipinski definition) is 2. The lowest BCUT2D eigenvalue weighted by Gasteiger charge is -2.19. The summed E-state index contributed by atoms with van der Waals surface area (Å²) >= 11 is 3.42. The Morgan fingerprint density at radius 1 is 1.38 bits per heavy atom. The van der Waals surface area contributed by atoms with Gasteiger partial charge in [0.15, 0.2) is 0 Å². The van der Waals surface area contributed by atoms with Crippen LogP contribution in [0.3, 0.4) is 0 Å². The van der Waals surface area contributed by atoms with Crippen LogP contribution in [0.25, 0.3) is 0 Å². The molecule has 0 bridgehead atoms. The maximum atomic E-state index is 5.76. The molecule has 0 aliphatic rings. The summed E-state index contributed by atoms with van der Waals surface area (Å²) in [5.41, 5.74) is 6.96. The van der Waals surface area contributed by atoms with E-state index in [1.807, 2.05) is 19.1 Å². The van der Waals surface area contributed by atoms with Gasteiger partial charge in [0.1, 0.15) is 0 Å². The first-order valence-corrected chi connectivity index (χ1v) is 6.18. The van der Waals surface area contributed by atoms with E-state index in [2.05, 4.69) is 33.4 Å². The summed E-state index contributed by atoms with van der Waals surface area (Å²) in [6.45, 7) is 3.41. The fourth-order valence-electron chi connectivity index (χ4n) is 1.42. The molecule has 0 aliphatic heterocycles. The Kier molecular flexibility index (Phi) is 5.98. The molecule has 3 N–H and O–H groups in total. The molecule has 1 rings (SSSR count). The number of nitrogens with one attached hydrogen (secondary N) is 1. The maximum Gasteiger partial charge on any atom is 0.0667 e. The largest absolute Gasteiger partial charge is 0.380 e. The molecule has 0 heterocycles. The van der Waals surface area contributed by atoms with Gasteiger partial charge in [-0.2, -0.15) is 0 Å². The molecule has 16 heavy (non-hydrogen) atoms. The SMILES string of the molecule is COC(C)CNC(CN)c1ccc(Br)cc1. The lowest BCUT2D eigenvalue weighted by molar-refractivity contribution is 0.114. The van der Waals surface area contributed by atoms with Crippen molar-refractivity contribution in [3.63, 3.8) is 0 Å². The molecule has 1 aromatic carbocycles. The van der Waals surface area contributed by atoms with Gasteiger partial charge in [0.05, 0.1) is 6.10 Å². The van der Waals surface area contributed by atoms with Crippen molar-refractivity contribution in [2.45, 2.75) is 19.1 Å². The van der Waals surface area contributed by atoms with Gasteiger partial charge in [-0.25, -0.2) is 0 Å². The summed E-state index contributed by atoms with van der Waals surface area (Å²) in [6.07, 6.45) is 0.199. The predicted molar refractivity (Wildman–Crippen MR) is 70.4 cm³/mol. The molecule has 0 aromatic heterocycles. The fraction of sp³-hybridized carbons (Fsp3) is 0.500. The molecule has 0 saturated heterocycles. The smallest absolute Gasteiger partial charge is 0.0667 e. The van der Waals surface area contributed by atoms with Crippen molar-refractivity contribution in [3.8, 4) is 0 Å². The Morgan fingerprint density at radius 3 is 2.50 bits per heavy atom. The average Bonchev–Trinajstić information content (AvgIpc) is 2.31. The number of methoxy groups -OCH3 is 1. The van der Waals surface area contributed by atoms with Gasteiger partial charge in [0.2, 0.25) is 0 Å². The highest BCUT2D eigenvalue weighted by Crippen LogP contribution is 2.16. The lowest BCUT2D eigenvalue weighted by Crippen LogP contribution is -2.33. The summed E-state index contributed by atoms with van der Waals surface area (Å²) in [4.78, 5) is 0. The number of nitrogens with two attached hydrogens (primary N) is 1. The minimum atomic E-state index is 0.186. The van der Waals surface area contributed by atoms with E-state index in [-0.39, 0.29) is 12.1 Å². The van der Waals surface area contributed by atoms with Crippen molar-refractivity contribution in [1.29, 1.82) is 0 Å². The van der Waals surface area contributed by atoms with E-state index < -0.39 is 0 Å². The summed E-state index contributed by atoms with van der Waals surface area (Å²) in [5, 5.41) is 3.39. The molecule has 3 nitrogen and oxygen atoms in total. The van der Waals surface area contributed by atoms with E-state index in [0.717, 1.165) is 11.0 Å². The van der Waals surface area contributed by atoms with Crippen LogP contribution in [0.4, 0.5) is 0 Å². The van der Waals surface area contributed by atoms with Crippen molar-refractivity contribution in [3.05, 3.63) is 34.3 Å². The van der Waals surface area contributed by atoms with E-state index in [1.54, 1.807) is 7.11 Å². The zero-order chi connectivity index (χ0) is 12.0. The maximum absolute atomic E-state index is 5.76. The first-order chi connectivity index (χ1) is 7.67. The van der Waals surface area contributed by atoms with Gasteiger partial charge in [-0.3, -0.25) is 0 Å². The highest BCUT2D eigenvalue weighted by atomic mass is 79.9. The molecule has 0 radical (unpaired) electrons. The minimum Gasteiger partial charge on any atom is -0.380 e. The topological polar surface area (TPSA) is 47.3 Å². The van der Waals surface area contributed by atoms with E-state index in [4.69, 9.17) is 10.5 Å². The summed E-state index contributed by atoms with van der Waals surface area (Å²) in [7, 11) is 1.71. The monoisotopic (exact) mass is 286 g/mol. The Labute approximate surface area is 105 Å². The first-order valence-electron chi connectivity index (χ1n) is 5.39. The van der Waals surface area contributed by atoms with E-state index in [1.165, 1.54) is 5.56 Å². The van der Waals surface area contributed by atoms with Crippen molar-refractivity contribution in [2.24, 2.45) is 5.73 Å². The van der Waals surface area contributed by atoms with Crippen LogP contribution in [0.5, 0.6) is 0 Å². The second-order valence-corrected chi connectivity index (χ2v) is 4.71. The van der Waals surface area contributed by atoms with Crippen molar-refractivity contribution in [2.75, 3.05) is 20.2 Å². The molecule has 1 aromatic rings. The third kappa shape index (κ3) is 4.22. The number of hydrogen-bond acceptors (Lipinski definition) is 3. The van der Waals surface area contributed by atoms with Crippen LogP contribution < -0.4 is 11.1 Å². The molecular formula is C12H19BrN2O. The number of rotatable bonds is 6. The Bertz CT molecular complexity index is 302. The molecule has 0 amide bonds. The zero-order valence-corrected chi connectivity index (χ0v) is 11.3. The Morgan fingerprint density at radius 2 is 2.00 bits per heavy atom. The molecule has 0 fully saturated rings. The van der Waals surface area contributed by atoms with Crippen LogP contribution in [-0.2, 0) is 4.74 Å².